The van der Waals surface area contributed by atoms with Gasteiger partial charge in [-0.3, -0.25) is 9.69 Å². The van der Waals surface area contributed by atoms with E-state index in [4.69, 9.17) is 0 Å². The number of likely N-dealkylation sites (tertiary alicyclic amines) is 1. The lowest BCUT2D eigenvalue weighted by molar-refractivity contribution is -0.134. The van der Waals surface area contributed by atoms with E-state index in [0.29, 0.717) is 18.5 Å². The maximum atomic E-state index is 12.1. The quantitative estimate of drug-likeness (QED) is 0.764. The zero-order valence-corrected chi connectivity index (χ0v) is 11.1. The van der Waals surface area contributed by atoms with Crippen LogP contribution >= 0.6 is 0 Å². The zero-order chi connectivity index (χ0) is 12.3. The number of hydrogen-bond acceptors (Lipinski definition) is 3. The minimum absolute atomic E-state index is 0.325. The van der Waals surface area contributed by atoms with Gasteiger partial charge in [-0.25, -0.2) is 0 Å². The highest BCUT2D eigenvalue weighted by Crippen LogP contribution is 2.16. The van der Waals surface area contributed by atoms with Crippen molar-refractivity contribution in [1.29, 1.82) is 0 Å². The second-order valence-electron chi connectivity index (χ2n) is 5.65. The third-order valence-corrected chi connectivity index (χ3v) is 3.95. The highest BCUT2D eigenvalue weighted by molar-refractivity contribution is 5.78. The Kier molecular flexibility index (Phi) is 4.40. The molecule has 2 aliphatic heterocycles. The average molecular weight is 239 g/mol. The summed E-state index contributed by atoms with van der Waals surface area (Å²) in [6.07, 6.45) is 2.34. The SMILES string of the molecule is CC1CCN(C(=O)CN2CCNC(C)C2)CC1. The van der Waals surface area contributed by atoms with Crippen molar-refractivity contribution in [2.24, 2.45) is 5.92 Å². The fraction of sp³-hybridized carbons (Fsp3) is 0.923. The first kappa shape index (κ1) is 12.8. The zero-order valence-electron chi connectivity index (χ0n) is 11.1. The maximum Gasteiger partial charge on any atom is 0.236 e. The Hall–Kier alpha value is -0.610. The Morgan fingerprint density at radius 1 is 1.24 bits per heavy atom. The van der Waals surface area contributed by atoms with Gasteiger partial charge in [-0.15, -0.1) is 0 Å². The molecule has 4 heteroatoms. The van der Waals surface area contributed by atoms with Crippen molar-refractivity contribution in [2.45, 2.75) is 32.7 Å². The summed E-state index contributed by atoms with van der Waals surface area (Å²) in [7, 11) is 0. The van der Waals surface area contributed by atoms with Crippen molar-refractivity contribution in [2.75, 3.05) is 39.3 Å². The second kappa shape index (κ2) is 5.83. The van der Waals surface area contributed by atoms with Crippen LogP contribution in [-0.4, -0.2) is 61.0 Å². The number of rotatable bonds is 2. The van der Waals surface area contributed by atoms with Crippen LogP contribution in [0.2, 0.25) is 0 Å². The topological polar surface area (TPSA) is 35.6 Å². The van der Waals surface area contributed by atoms with E-state index in [1.807, 2.05) is 4.90 Å². The number of nitrogens with zero attached hydrogens (tertiary/aromatic N) is 2. The molecule has 1 unspecified atom stereocenters. The Morgan fingerprint density at radius 2 is 1.94 bits per heavy atom. The van der Waals surface area contributed by atoms with Gasteiger partial charge in [-0.2, -0.15) is 0 Å². The molecule has 0 bridgehead atoms. The van der Waals surface area contributed by atoms with Crippen LogP contribution in [0.15, 0.2) is 0 Å². The number of nitrogens with one attached hydrogen (secondary N) is 1. The molecular formula is C13H25N3O. The fourth-order valence-corrected chi connectivity index (χ4v) is 2.71. The van der Waals surface area contributed by atoms with Crippen LogP contribution in [0, 0.1) is 5.92 Å². The predicted octanol–water partition coefficient (Wildman–Crippen LogP) is 0.539. The molecule has 0 spiro atoms. The molecule has 2 saturated heterocycles. The summed E-state index contributed by atoms with van der Waals surface area (Å²) in [5.41, 5.74) is 0. The van der Waals surface area contributed by atoms with Crippen molar-refractivity contribution < 1.29 is 4.79 Å². The minimum Gasteiger partial charge on any atom is -0.342 e. The van der Waals surface area contributed by atoms with Crippen molar-refractivity contribution in [3.63, 3.8) is 0 Å². The normalized spacial score (nSPS) is 28.4. The first-order valence-corrected chi connectivity index (χ1v) is 6.88. The van der Waals surface area contributed by atoms with Crippen LogP contribution < -0.4 is 5.32 Å². The number of hydrogen-bond donors (Lipinski definition) is 1. The lowest BCUT2D eigenvalue weighted by atomic mass is 9.99. The van der Waals surface area contributed by atoms with Gasteiger partial charge in [0.25, 0.3) is 0 Å². The molecule has 0 aliphatic carbocycles. The predicted molar refractivity (Wildman–Crippen MR) is 68.9 cm³/mol. The molecule has 4 nitrogen and oxygen atoms in total. The molecule has 0 aromatic rings. The van der Waals surface area contributed by atoms with Crippen LogP contribution in [0.4, 0.5) is 0 Å². The van der Waals surface area contributed by atoms with Gasteiger partial charge in [-0.05, 0) is 25.7 Å². The van der Waals surface area contributed by atoms with E-state index < -0.39 is 0 Å². The Morgan fingerprint density at radius 3 is 2.59 bits per heavy atom. The summed E-state index contributed by atoms with van der Waals surface area (Å²) in [6.45, 7) is 9.99. The third kappa shape index (κ3) is 3.68. The molecule has 2 aliphatic rings. The number of amides is 1. The number of piperazine rings is 1. The molecular weight excluding hydrogens is 214 g/mol. The Labute approximate surface area is 104 Å². The maximum absolute atomic E-state index is 12.1. The summed E-state index contributed by atoms with van der Waals surface area (Å²) in [5.74, 6) is 1.12. The van der Waals surface area contributed by atoms with Crippen molar-refractivity contribution in [1.82, 2.24) is 15.1 Å². The van der Waals surface area contributed by atoms with Gasteiger partial charge in [0.15, 0.2) is 0 Å². The van der Waals surface area contributed by atoms with Crippen molar-refractivity contribution in [3.8, 4) is 0 Å². The van der Waals surface area contributed by atoms with E-state index >= 15 is 0 Å². The molecule has 2 rings (SSSR count). The first-order valence-electron chi connectivity index (χ1n) is 6.88. The average Bonchev–Trinajstić information content (AvgIpc) is 2.29. The number of piperidine rings is 1. The number of carbonyl (C=O) groups excluding carboxylic acids is 1. The van der Waals surface area contributed by atoms with Gasteiger partial charge < -0.3 is 10.2 Å². The van der Waals surface area contributed by atoms with Crippen LogP contribution in [0.3, 0.4) is 0 Å². The third-order valence-electron chi connectivity index (χ3n) is 3.95. The van der Waals surface area contributed by atoms with E-state index in [9.17, 15) is 4.79 Å². The molecule has 0 saturated carbocycles. The minimum atomic E-state index is 0.325. The summed E-state index contributed by atoms with van der Waals surface area (Å²) in [6, 6.07) is 0.512. The van der Waals surface area contributed by atoms with Crippen LogP contribution in [0.5, 0.6) is 0 Å². The number of carbonyl (C=O) groups is 1. The van der Waals surface area contributed by atoms with Gasteiger partial charge >= 0.3 is 0 Å². The largest absolute Gasteiger partial charge is 0.342 e. The van der Waals surface area contributed by atoms with Gasteiger partial charge in [0.2, 0.25) is 5.91 Å². The standard InChI is InChI=1S/C13H25N3O/c1-11-3-6-16(7-4-11)13(17)10-15-8-5-14-12(2)9-15/h11-12,14H,3-10H2,1-2H3. The van der Waals surface area contributed by atoms with Crippen LogP contribution in [0.1, 0.15) is 26.7 Å². The highest BCUT2D eigenvalue weighted by Gasteiger charge is 2.23. The van der Waals surface area contributed by atoms with Crippen molar-refractivity contribution >= 4 is 5.91 Å². The van der Waals surface area contributed by atoms with E-state index in [1.165, 1.54) is 12.8 Å². The summed E-state index contributed by atoms with van der Waals surface area (Å²) in [5, 5.41) is 3.40. The fourth-order valence-electron chi connectivity index (χ4n) is 2.71. The lowest BCUT2D eigenvalue weighted by Crippen LogP contribution is -2.52. The van der Waals surface area contributed by atoms with Crippen molar-refractivity contribution in [3.05, 3.63) is 0 Å². The van der Waals surface area contributed by atoms with Gasteiger partial charge in [0, 0.05) is 38.8 Å². The van der Waals surface area contributed by atoms with Gasteiger partial charge in [0.05, 0.1) is 6.54 Å². The molecule has 17 heavy (non-hydrogen) atoms. The monoisotopic (exact) mass is 239 g/mol. The van der Waals surface area contributed by atoms with E-state index in [0.717, 1.165) is 38.6 Å². The molecule has 1 atom stereocenters. The van der Waals surface area contributed by atoms with E-state index in [-0.39, 0.29) is 0 Å². The molecule has 1 amide bonds. The summed E-state index contributed by atoms with van der Waals surface area (Å²) >= 11 is 0. The molecule has 2 heterocycles. The van der Waals surface area contributed by atoms with Crippen LogP contribution in [0.25, 0.3) is 0 Å². The second-order valence-corrected chi connectivity index (χ2v) is 5.65. The van der Waals surface area contributed by atoms with E-state index in [2.05, 4.69) is 24.1 Å². The summed E-state index contributed by atoms with van der Waals surface area (Å²) in [4.78, 5) is 16.5. The van der Waals surface area contributed by atoms with Gasteiger partial charge in [0.1, 0.15) is 0 Å². The smallest absolute Gasteiger partial charge is 0.236 e. The molecule has 0 aromatic carbocycles. The molecule has 1 N–H and O–H groups in total. The first-order chi connectivity index (χ1) is 8.15. The summed E-state index contributed by atoms with van der Waals surface area (Å²) < 4.78 is 0. The Balaban J connectivity index is 1.76. The van der Waals surface area contributed by atoms with Gasteiger partial charge in [-0.1, -0.05) is 6.92 Å². The highest BCUT2D eigenvalue weighted by atomic mass is 16.2. The van der Waals surface area contributed by atoms with Crippen LogP contribution in [-0.2, 0) is 4.79 Å². The molecule has 98 valence electrons. The Bertz CT molecular complexity index is 261. The molecule has 0 radical (unpaired) electrons. The van der Waals surface area contributed by atoms with E-state index in [1.54, 1.807) is 0 Å². The lowest BCUT2D eigenvalue weighted by Gasteiger charge is -2.35. The molecule has 0 aromatic heterocycles. The molecule has 2 fully saturated rings.